The van der Waals surface area contributed by atoms with E-state index >= 15 is 0 Å². The molecule has 7 N–H and O–H groups in total. The van der Waals surface area contributed by atoms with E-state index in [0.29, 0.717) is 18.3 Å². The minimum atomic E-state index is -2.92. The standard InChI is InChI=1S/C13H26NO5P.C12H23FO2.C12H21FO2.2C7H14FNO2.C7H15NO3.C5H9FO.C5H10O3.CH4/c1-12(2,3)18-10(15)9(20(7,8)17)14-11(16)19-13(4,5)6;2*1-9(7-12(5,6)8-13)10(14)15-11(2,3)4;1-7(2,5-8)6(10)9(3)11-4;1-7(2,4-8)3-5(9)6(10)11;1-7(2,5-9)6(10)8(3)11-4;1-5(2,3-6)4-7;1-5(2,3-6)4(7)8;/h9H,1-8H3,(H,14,16);9H,7-8H2,1-6H3;7H,8H2,1-6H3;5H2,1-4H3;5H,3-4,9H2,1-2H3,(H,10,11);9H,5H2,1-4H3;4H,3H2,1-2H3;6H,3H2,1-2H3,(H,7,8);1H4/b;;9-7+;;;;;;. The van der Waals surface area contributed by atoms with Gasteiger partial charge in [-0.3, -0.25) is 51.2 Å². The highest BCUT2D eigenvalue weighted by Crippen LogP contribution is 2.42. The normalized spacial score (nSPS) is 13.1. The van der Waals surface area contributed by atoms with Crippen molar-refractivity contribution in [1.29, 1.82) is 0 Å². The lowest BCUT2D eigenvalue weighted by Crippen LogP contribution is -2.45. The summed E-state index contributed by atoms with van der Waals surface area (Å²) in [7, 11) is 2.82. The molecule has 0 spiro atoms. The molecular weight excluding hydrogens is 1330 g/mol. The monoisotopic (exact) mass is 1470 g/mol. The van der Waals surface area contributed by atoms with Gasteiger partial charge in [0.05, 0.1) is 69.6 Å². The Hall–Kier alpha value is -5.35. The van der Waals surface area contributed by atoms with Gasteiger partial charge in [0.25, 0.3) is 11.8 Å². The number of carbonyl (C=O) groups excluding carboxylic acids is 7. The average molecular weight is 1470 g/mol. The van der Waals surface area contributed by atoms with Gasteiger partial charge in [-0.1, -0.05) is 75.8 Å². The molecule has 0 saturated heterocycles. The van der Waals surface area contributed by atoms with Crippen molar-refractivity contribution < 1.29 is 119 Å². The topological polar surface area (TPSA) is 352 Å². The third-order valence-corrected chi connectivity index (χ3v) is 13.3. The Morgan fingerprint density at radius 2 is 0.859 bits per heavy atom. The number of esters is 3. The number of aliphatic hydroxyl groups excluding tert-OH is 2. The summed E-state index contributed by atoms with van der Waals surface area (Å²) in [6, 6.07) is -0.958. The molecule has 0 aliphatic carbocycles. The van der Waals surface area contributed by atoms with Crippen LogP contribution in [0.2, 0.25) is 0 Å². The molecule has 0 bridgehead atoms. The molecule has 0 aliphatic heterocycles. The first-order chi connectivity index (χ1) is 43.2. The van der Waals surface area contributed by atoms with Gasteiger partial charge < -0.3 is 59.8 Å². The van der Waals surface area contributed by atoms with Crippen LogP contribution in [0.1, 0.15) is 214 Å². The number of allylic oxidation sites excluding steroid dienone is 1. The van der Waals surface area contributed by atoms with E-state index in [9.17, 15) is 69.7 Å². The zero-order valence-electron chi connectivity index (χ0n) is 65.9. The fraction of sp³-hybridized carbons (Fsp3) is 0.841. The molecule has 0 aromatic heterocycles. The molecule has 0 aromatic carbocycles. The van der Waals surface area contributed by atoms with Crippen molar-refractivity contribution in [1.82, 2.24) is 15.4 Å². The number of nitrogens with one attached hydrogen (secondary N) is 1. The Balaban J connectivity index is -0.000000136. The molecule has 0 fully saturated rings. The molecule has 0 aromatic rings. The zero-order chi connectivity index (χ0) is 80.8. The van der Waals surface area contributed by atoms with Gasteiger partial charge in [-0.25, -0.2) is 28.9 Å². The number of aldehydes is 1. The third-order valence-electron chi connectivity index (χ3n) is 11.7. The first kappa shape index (κ1) is 112. The van der Waals surface area contributed by atoms with Crippen LogP contribution in [0.25, 0.3) is 0 Å². The summed E-state index contributed by atoms with van der Waals surface area (Å²) in [5, 5.41) is 38.3. The van der Waals surface area contributed by atoms with E-state index in [-0.39, 0.29) is 56.7 Å². The van der Waals surface area contributed by atoms with Crippen LogP contribution < -0.4 is 11.1 Å². The summed E-state index contributed by atoms with van der Waals surface area (Å²) in [4.78, 5) is 109. The highest BCUT2D eigenvalue weighted by Gasteiger charge is 2.38. The van der Waals surface area contributed by atoms with Crippen LogP contribution in [-0.4, -0.2) is 207 Å². The Bertz CT molecular complexity index is 2430. The van der Waals surface area contributed by atoms with Gasteiger partial charge in [0.1, 0.15) is 55.2 Å². The van der Waals surface area contributed by atoms with Crippen molar-refractivity contribution in [3.8, 4) is 0 Å². The number of nitrogens with zero attached hydrogens (tertiary/aromatic N) is 2. The van der Waals surface area contributed by atoms with Gasteiger partial charge in [0.15, 0.2) is 5.78 Å². The lowest BCUT2D eigenvalue weighted by molar-refractivity contribution is -0.180. The highest BCUT2D eigenvalue weighted by molar-refractivity contribution is 7.64. The van der Waals surface area contributed by atoms with E-state index < -0.39 is 137 Å². The number of aliphatic carboxylic acids is 2. The first-order valence-corrected chi connectivity index (χ1v) is 34.1. The molecule has 30 heteroatoms. The summed E-state index contributed by atoms with van der Waals surface area (Å²) in [5.74, 6) is -5.46. The summed E-state index contributed by atoms with van der Waals surface area (Å²) in [6.07, 6.45) is 2.11. The SMILES string of the molecule is C.C/C(=C\C(C)(C)CF)C(=O)OC(C)(C)C.CC(C)(C)OC(=O)NC(C(=O)OC(C)(C)C)P(C)(C)=O.CC(C)(C=O)CF.CC(C)(CF)CC(N)C(=O)O.CC(C)(CO)C(=O)O.CC(CC(C)(C)CF)C(=O)OC(C)(C)C.CON(C)C(=O)C(C)(C)CF.CON(C)C(=O)C(C)(C)CO. The number of carboxylic acid groups (broad SMARTS) is 2. The van der Waals surface area contributed by atoms with Crippen molar-refractivity contribution in [3.05, 3.63) is 11.6 Å². The summed E-state index contributed by atoms with van der Waals surface area (Å²) >= 11 is 0. The lowest BCUT2D eigenvalue weighted by atomic mass is 9.84. The van der Waals surface area contributed by atoms with Crippen LogP contribution in [0.4, 0.5) is 26.7 Å². The van der Waals surface area contributed by atoms with Crippen LogP contribution >= 0.6 is 7.14 Å². The minimum absolute atomic E-state index is 0. The van der Waals surface area contributed by atoms with Crippen LogP contribution in [0.15, 0.2) is 11.6 Å². The number of alkyl halides is 5. The van der Waals surface area contributed by atoms with E-state index in [0.717, 1.165) is 10.1 Å². The quantitative estimate of drug-likeness (QED) is 0.00994. The second kappa shape index (κ2) is 48.5. The Kier molecular flexibility index (Phi) is 55.0. The Morgan fingerprint density at radius 1 is 0.525 bits per heavy atom. The fourth-order valence-electron chi connectivity index (χ4n) is 5.64. The second-order valence-electron chi connectivity index (χ2n) is 32.5. The smallest absolute Gasteiger partial charge is 0.408 e. The molecule has 0 saturated carbocycles. The van der Waals surface area contributed by atoms with Crippen molar-refractivity contribution in [3.63, 3.8) is 0 Å². The second-order valence-corrected chi connectivity index (χ2v) is 35.9. The summed E-state index contributed by atoms with van der Waals surface area (Å²) in [5.41, 5.74) is -1.91. The number of alkyl carbamates (subject to hydrolysis) is 1. The average Bonchev–Trinajstić information content (AvgIpc) is 0.863. The van der Waals surface area contributed by atoms with Crippen LogP contribution in [0.5, 0.6) is 0 Å². The predicted molar refractivity (Wildman–Crippen MR) is 378 cm³/mol. The van der Waals surface area contributed by atoms with E-state index in [2.05, 4.69) is 15.0 Å². The van der Waals surface area contributed by atoms with Crippen LogP contribution in [0.3, 0.4) is 0 Å². The van der Waals surface area contributed by atoms with Crippen LogP contribution in [-0.2, 0) is 71.5 Å². The number of carbonyl (C=O) groups is 9. The Labute approximate surface area is 591 Å². The maximum atomic E-state index is 12.6. The molecule has 3 atom stereocenters. The molecule has 0 aliphatic rings. The molecule has 0 radical (unpaired) electrons. The number of halogens is 5. The molecule has 3 amide bonds. The molecular formula is C69H136F5N4O20P. The predicted octanol–water partition coefficient (Wildman–Crippen LogP) is 13.1. The largest absolute Gasteiger partial charge is 0.481 e. The number of rotatable bonds is 24. The van der Waals surface area contributed by atoms with Gasteiger partial charge >= 0.3 is 35.9 Å². The minimum Gasteiger partial charge on any atom is -0.481 e. The van der Waals surface area contributed by atoms with Crippen molar-refractivity contribution in [2.24, 2.45) is 49.6 Å². The third kappa shape index (κ3) is 63.3. The lowest BCUT2D eigenvalue weighted by Gasteiger charge is -2.27. The van der Waals surface area contributed by atoms with Crippen molar-refractivity contribution in [2.75, 3.05) is 88.2 Å². The molecule has 0 rings (SSSR count). The van der Waals surface area contributed by atoms with Gasteiger partial charge in [-0.15, -0.1) is 0 Å². The van der Waals surface area contributed by atoms with Crippen molar-refractivity contribution in [2.45, 2.75) is 248 Å². The number of hydrogen-bond acceptors (Lipinski definition) is 19. The van der Waals surface area contributed by atoms with Crippen molar-refractivity contribution >= 4 is 61.2 Å². The number of nitrogens with two attached hydrogens (primary N) is 1. The van der Waals surface area contributed by atoms with E-state index in [1.54, 1.807) is 138 Å². The number of ether oxygens (including phenoxy) is 4. The van der Waals surface area contributed by atoms with E-state index in [4.69, 9.17) is 45.1 Å². The summed E-state index contributed by atoms with van der Waals surface area (Å²) < 4.78 is 93.8. The molecule has 24 nitrogen and oxygen atoms in total. The fourth-order valence-corrected chi connectivity index (χ4v) is 6.61. The summed E-state index contributed by atoms with van der Waals surface area (Å²) in [6.45, 7) is 47.0. The van der Waals surface area contributed by atoms with Gasteiger partial charge in [0.2, 0.25) is 0 Å². The molecule has 0 heterocycles. The Morgan fingerprint density at radius 3 is 1.10 bits per heavy atom. The van der Waals surface area contributed by atoms with E-state index in [1.807, 2.05) is 34.6 Å². The number of carboxylic acids is 2. The first-order valence-electron chi connectivity index (χ1n) is 31.5. The van der Waals surface area contributed by atoms with E-state index in [1.165, 1.54) is 69.3 Å². The number of hydrogen-bond donors (Lipinski definition) is 6. The number of hydroxylamine groups is 4. The highest BCUT2D eigenvalue weighted by atomic mass is 31.2. The van der Waals surface area contributed by atoms with Gasteiger partial charge in [0, 0.05) is 30.5 Å². The maximum absolute atomic E-state index is 12.6. The molecule has 99 heavy (non-hydrogen) atoms. The van der Waals surface area contributed by atoms with Gasteiger partial charge in [-0.2, -0.15) is 0 Å². The van der Waals surface area contributed by atoms with Gasteiger partial charge in [-0.05, 0) is 169 Å². The maximum Gasteiger partial charge on any atom is 0.408 e. The van der Waals surface area contributed by atoms with Crippen LogP contribution in [0, 0.1) is 43.8 Å². The molecule has 3 unspecified atom stereocenters. The molecule has 592 valence electrons. The number of aliphatic hydroxyl groups is 2. The number of amides is 3. The zero-order valence-corrected chi connectivity index (χ0v) is 66.8.